The summed E-state index contributed by atoms with van der Waals surface area (Å²) < 4.78 is 1.69. The van der Waals surface area contributed by atoms with Gasteiger partial charge in [0.1, 0.15) is 11.5 Å². The molecule has 0 radical (unpaired) electrons. The summed E-state index contributed by atoms with van der Waals surface area (Å²) in [4.78, 5) is 33.5. The maximum atomic E-state index is 12.9. The SMILES string of the molecule is Cc1nc(C2CCN(C(=O)c3cc(CC(C)C)nn3C)CC2)cc(=O)[nH]1. The molecule has 1 amide bonds. The fourth-order valence-electron chi connectivity index (χ4n) is 3.60. The maximum absolute atomic E-state index is 12.9. The van der Waals surface area contributed by atoms with Crippen LogP contribution in [0.3, 0.4) is 0 Å². The van der Waals surface area contributed by atoms with E-state index in [2.05, 4.69) is 28.9 Å². The molecule has 3 heterocycles. The minimum absolute atomic E-state index is 0.0310. The zero-order chi connectivity index (χ0) is 18.8. The van der Waals surface area contributed by atoms with Crippen LogP contribution in [0, 0.1) is 12.8 Å². The number of aryl methyl sites for hydroxylation is 2. The van der Waals surface area contributed by atoms with Crippen molar-refractivity contribution >= 4 is 5.91 Å². The molecule has 0 aliphatic carbocycles. The summed E-state index contributed by atoms with van der Waals surface area (Å²) in [5, 5.41) is 4.47. The predicted octanol–water partition coefficient (Wildman–Crippen LogP) is 2.03. The second-order valence-corrected chi connectivity index (χ2v) is 7.56. The third kappa shape index (κ3) is 4.03. The van der Waals surface area contributed by atoms with Crippen molar-refractivity contribution in [3.63, 3.8) is 0 Å². The molecule has 1 fully saturated rings. The largest absolute Gasteiger partial charge is 0.337 e. The Morgan fingerprint density at radius 3 is 2.62 bits per heavy atom. The first-order chi connectivity index (χ1) is 12.3. The van der Waals surface area contributed by atoms with Gasteiger partial charge in [0.2, 0.25) is 0 Å². The van der Waals surface area contributed by atoms with Gasteiger partial charge in [-0.2, -0.15) is 5.10 Å². The smallest absolute Gasteiger partial charge is 0.272 e. The summed E-state index contributed by atoms with van der Waals surface area (Å²) in [5.74, 6) is 1.40. The van der Waals surface area contributed by atoms with Crippen LogP contribution in [-0.2, 0) is 13.5 Å². The summed E-state index contributed by atoms with van der Waals surface area (Å²) >= 11 is 0. The van der Waals surface area contributed by atoms with Crippen LogP contribution in [0.2, 0.25) is 0 Å². The summed E-state index contributed by atoms with van der Waals surface area (Å²) in [7, 11) is 1.83. The van der Waals surface area contributed by atoms with Gasteiger partial charge in [-0.25, -0.2) is 4.98 Å². The average Bonchev–Trinajstić information content (AvgIpc) is 2.93. The van der Waals surface area contributed by atoms with Crippen LogP contribution in [-0.4, -0.2) is 43.6 Å². The van der Waals surface area contributed by atoms with Crippen molar-refractivity contribution in [1.82, 2.24) is 24.6 Å². The molecule has 2 aromatic heterocycles. The van der Waals surface area contributed by atoms with E-state index in [4.69, 9.17) is 0 Å². The van der Waals surface area contributed by atoms with E-state index in [1.54, 1.807) is 17.7 Å². The number of hydrogen-bond donors (Lipinski definition) is 1. The van der Waals surface area contributed by atoms with Gasteiger partial charge in [0.25, 0.3) is 11.5 Å². The molecule has 140 valence electrons. The maximum Gasteiger partial charge on any atom is 0.272 e. The second-order valence-electron chi connectivity index (χ2n) is 7.56. The Bertz CT molecular complexity index is 844. The number of carbonyl (C=O) groups is 1. The monoisotopic (exact) mass is 357 g/mol. The standard InChI is InChI=1S/C19H27N5O2/c1-12(2)9-15-10-17(23(4)22-15)19(26)24-7-5-14(6-8-24)16-11-18(25)21-13(3)20-16/h10-12,14H,5-9H2,1-4H3,(H,20,21,25). The van der Waals surface area contributed by atoms with E-state index in [1.165, 1.54) is 0 Å². The van der Waals surface area contributed by atoms with Crippen LogP contribution >= 0.6 is 0 Å². The van der Waals surface area contributed by atoms with Crippen molar-refractivity contribution in [2.75, 3.05) is 13.1 Å². The number of aromatic nitrogens is 4. The van der Waals surface area contributed by atoms with Gasteiger partial charge in [0, 0.05) is 32.1 Å². The Balaban J connectivity index is 1.67. The van der Waals surface area contributed by atoms with Gasteiger partial charge in [-0.05, 0) is 38.2 Å². The molecule has 1 saturated heterocycles. The van der Waals surface area contributed by atoms with E-state index >= 15 is 0 Å². The minimum Gasteiger partial charge on any atom is -0.337 e. The quantitative estimate of drug-likeness (QED) is 0.907. The van der Waals surface area contributed by atoms with E-state index in [0.717, 1.165) is 30.7 Å². The molecule has 0 spiro atoms. The number of likely N-dealkylation sites (tertiary alicyclic amines) is 1. The molecule has 0 aromatic carbocycles. The van der Waals surface area contributed by atoms with Crippen molar-refractivity contribution in [2.45, 2.75) is 46.0 Å². The number of H-pyrrole nitrogens is 1. The number of hydrogen-bond acceptors (Lipinski definition) is 4. The highest BCUT2D eigenvalue weighted by Crippen LogP contribution is 2.27. The molecule has 7 heteroatoms. The number of aromatic amines is 1. The van der Waals surface area contributed by atoms with Crippen LogP contribution in [0.4, 0.5) is 0 Å². The Kier molecular flexibility index (Phi) is 5.25. The summed E-state index contributed by atoms with van der Waals surface area (Å²) in [5.41, 5.74) is 2.32. The summed E-state index contributed by atoms with van der Waals surface area (Å²) in [6.07, 6.45) is 2.51. The van der Waals surface area contributed by atoms with E-state index in [0.29, 0.717) is 30.5 Å². The molecule has 1 aliphatic heterocycles. The average molecular weight is 357 g/mol. The van der Waals surface area contributed by atoms with Gasteiger partial charge >= 0.3 is 0 Å². The lowest BCUT2D eigenvalue weighted by Crippen LogP contribution is -2.39. The van der Waals surface area contributed by atoms with Gasteiger partial charge < -0.3 is 9.88 Å². The fraction of sp³-hybridized carbons (Fsp3) is 0.579. The third-order valence-corrected chi connectivity index (χ3v) is 4.85. The van der Waals surface area contributed by atoms with Crippen LogP contribution in [0.1, 0.15) is 60.3 Å². The van der Waals surface area contributed by atoms with Crippen molar-refractivity contribution in [1.29, 1.82) is 0 Å². The number of nitrogens with zero attached hydrogens (tertiary/aromatic N) is 4. The summed E-state index contributed by atoms with van der Waals surface area (Å²) in [6, 6.07) is 3.49. The van der Waals surface area contributed by atoms with Gasteiger partial charge in [0.05, 0.1) is 11.4 Å². The molecule has 0 unspecified atom stereocenters. The molecule has 0 saturated carbocycles. The molecular weight excluding hydrogens is 330 g/mol. The Morgan fingerprint density at radius 1 is 1.31 bits per heavy atom. The van der Waals surface area contributed by atoms with E-state index in [9.17, 15) is 9.59 Å². The molecule has 2 aromatic rings. The number of piperidine rings is 1. The Morgan fingerprint density at radius 2 is 2.00 bits per heavy atom. The molecule has 3 rings (SSSR count). The predicted molar refractivity (Wildman–Crippen MR) is 99.2 cm³/mol. The number of nitrogens with one attached hydrogen (secondary N) is 1. The van der Waals surface area contributed by atoms with Crippen LogP contribution in [0.15, 0.2) is 16.9 Å². The lowest BCUT2D eigenvalue weighted by atomic mass is 9.93. The number of carbonyl (C=O) groups excluding carboxylic acids is 1. The highest BCUT2D eigenvalue weighted by Gasteiger charge is 2.27. The van der Waals surface area contributed by atoms with Crippen LogP contribution < -0.4 is 5.56 Å². The van der Waals surface area contributed by atoms with Crippen LogP contribution in [0.5, 0.6) is 0 Å². The summed E-state index contributed by atoms with van der Waals surface area (Å²) in [6.45, 7) is 7.42. The first-order valence-corrected chi connectivity index (χ1v) is 9.23. The van der Waals surface area contributed by atoms with Gasteiger partial charge in [-0.1, -0.05) is 13.8 Å². The third-order valence-electron chi connectivity index (χ3n) is 4.85. The van der Waals surface area contributed by atoms with Gasteiger partial charge in [-0.3, -0.25) is 14.3 Å². The van der Waals surface area contributed by atoms with Gasteiger partial charge in [0.15, 0.2) is 0 Å². The zero-order valence-corrected chi connectivity index (χ0v) is 16.0. The van der Waals surface area contributed by atoms with Crippen molar-refractivity contribution in [2.24, 2.45) is 13.0 Å². The highest BCUT2D eigenvalue weighted by molar-refractivity contribution is 5.92. The first kappa shape index (κ1) is 18.4. The molecule has 0 atom stereocenters. The van der Waals surface area contributed by atoms with E-state index < -0.39 is 0 Å². The second kappa shape index (κ2) is 7.43. The lowest BCUT2D eigenvalue weighted by molar-refractivity contribution is 0.0701. The number of rotatable bonds is 4. The minimum atomic E-state index is -0.112. The van der Waals surface area contributed by atoms with Crippen molar-refractivity contribution < 1.29 is 4.79 Å². The fourth-order valence-corrected chi connectivity index (χ4v) is 3.60. The molecule has 26 heavy (non-hydrogen) atoms. The molecule has 1 aliphatic rings. The van der Waals surface area contributed by atoms with E-state index in [-0.39, 0.29) is 17.4 Å². The molecule has 0 bridgehead atoms. The Hall–Kier alpha value is -2.44. The Labute approximate surface area is 153 Å². The topological polar surface area (TPSA) is 83.9 Å². The van der Waals surface area contributed by atoms with Gasteiger partial charge in [-0.15, -0.1) is 0 Å². The molecule has 1 N–H and O–H groups in total. The highest BCUT2D eigenvalue weighted by atomic mass is 16.2. The van der Waals surface area contributed by atoms with Crippen molar-refractivity contribution in [3.05, 3.63) is 45.4 Å². The molecule has 7 nitrogen and oxygen atoms in total. The number of amides is 1. The van der Waals surface area contributed by atoms with Crippen LogP contribution in [0.25, 0.3) is 0 Å². The normalized spacial score (nSPS) is 15.7. The molecular formula is C19H27N5O2. The lowest BCUT2D eigenvalue weighted by Gasteiger charge is -2.31. The van der Waals surface area contributed by atoms with E-state index in [1.807, 2.05) is 18.0 Å². The van der Waals surface area contributed by atoms with Crippen molar-refractivity contribution in [3.8, 4) is 0 Å². The first-order valence-electron chi connectivity index (χ1n) is 9.23. The zero-order valence-electron chi connectivity index (χ0n) is 16.0.